The minimum Gasteiger partial charge on any atom is -0.374 e. The molecule has 0 fully saturated rings. The number of carbonyl (C=O) groups is 1. The monoisotopic (exact) mass is 416 g/mol. The zero-order chi connectivity index (χ0) is 14.5. The van der Waals surface area contributed by atoms with Crippen molar-refractivity contribution in [3.05, 3.63) is 56.4 Å². The molecule has 0 saturated heterocycles. The first kappa shape index (κ1) is 15.4. The summed E-state index contributed by atoms with van der Waals surface area (Å²) in [6, 6.07) is 12.8. The van der Waals surface area contributed by atoms with Crippen molar-refractivity contribution in [1.29, 1.82) is 0 Å². The second-order valence-corrected chi connectivity index (χ2v) is 6.09. The summed E-state index contributed by atoms with van der Waals surface area (Å²) in [5, 5.41) is 6.34. The predicted octanol–water partition coefficient (Wildman–Crippen LogP) is 4.92. The SMILES string of the molecule is O=C(CNc1c(Br)cccc1Br)Nc1ccccc1Cl. The van der Waals surface area contributed by atoms with E-state index in [0.29, 0.717) is 10.7 Å². The molecule has 0 aliphatic heterocycles. The number of halogens is 3. The van der Waals surface area contributed by atoms with Gasteiger partial charge in [-0.05, 0) is 56.1 Å². The maximum atomic E-state index is 11.9. The van der Waals surface area contributed by atoms with E-state index in [-0.39, 0.29) is 12.5 Å². The van der Waals surface area contributed by atoms with E-state index in [1.807, 2.05) is 30.3 Å². The summed E-state index contributed by atoms with van der Waals surface area (Å²) in [5.41, 5.74) is 1.44. The second kappa shape index (κ2) is 7.11. The van der Waals surface area contributed by atoms with Crippen molar-refractivity contribution in [2.75, 3.05) is 17.2 Å². The van der Waals surface area contributed by atoms with E-state index in [1.165, 1.54) is 0 Å². The van der Waals surface area contributed by atoms with Crippen LogP contribution in [0.4, 0.5) is 11.4 Å². The highest BCUT2D eigenvalue weighted by Crippen LogP contribution is 2.30. The van der Waals surface area contributed by atoms with Gasteiger partial charge < -0.3 is 10.6 Å². The molecule has 1 amide bonds. The molecule has 2 aromatic rings. The summed E-state index contributed by atoms with van der Waals surface area (Å²) in [4.78, 5) is 11.9. The average Bonchev–Trinajstić information content (AvgIpc) is 2.41. The van der Waals surface area contributed by atoms with Gasteiger partial charge in [-0.25, -0.2) is 0 Å². The molecule has 6 heteroatoms. The van der Waals surface area contributed by atoms with Crippen molar-refractivity contribution >= 4 is 60.7 Å². The molecule has 0 saturated carbocycles. The molecule has 3 nitrogen and oxygen atoms in total. The number of hydrogen-bond donors (Lipinski definition) is 2. The summed E-state index contributed by atoms with van der Waals surface area (Å²) < 4.78 is 1.77. The summed E-state index contributed by atoms with van der Waals surface area (Å²) in [6.45, 7) is 0.145. The normalized spacial score (nSPS) is 10.2. The van der Waals surface area contributed by atoms with Crippen LogP contribution in [0.2, 0.25) is 5.02 Å². The van der Waals surface area contributed by atoms with E-state index < -0.39 is 0 Å². The Bertz CT molecular complexity index is 614. The van der Waals surface area contributed by atoms with Crippen molar-refractivity contribution in [3.8, 4) is 0 Å². The lowest BCUT2D eigenvalue weighted by Crippen LogP contribution is -2.22. The number of amides is 1. The third-order valence-corrected chi connectivity index (χ3v) is 4.19. The summed E-state index contributed by atoms with van der Waals surface area (Å²) in [7, 11) is 0. The van der Waals surface area contributed by atoms with Crippen LogP contribution in [0.25, 0.3) is 0 Å². The molecule has 0 heterocycles. The highest BCUT2D eigenvalue weighted by molar-refractivity contribution is 9.11. The number of benzene rings is 2. The lowest BCUT2D eigenvalue weighted by Gasteiger charge is -2.11. The predicted molar refractivity (Wildman–Crippen MR) is 90.4 cm³/mol. The first-order chi connectivity index (χ1) is 9.58. The molecule has 2 N–H and O–H groups in total. The topological polar surface area (TPSA) is 41.1 Å². The maximum Gasteiger partial charge on any atom is 0.243 e. The Morgan fingerprint density at radius 3 is 2.35 bits per heavy atom. The molecule has 0 aliphatic carbocycles. The van der Waals surface area contributed by atoms with Crippen molar-refractivity contribution in [2.45, 2.75) is 0 Å². The van der Waals surface area contributed by atoms with Gasteiger partial charge in [-0.15, -0.1) is 0 Å². The van der Waals surface area contributed by atoms with Crippen LogP contribution >= 0.6 is 43.5 Å². The molecule has 2 aromatic carbocycles. The quantitative estimate of drug-likeness (QED) is 0.740. The van der Waals surface area contributed by atoms with Crippen LogP contribution in [0.5, 0.6) is 0 Å². The highest BCUT2D eigenvalue weighted by atomic mass is 79.9. The largest absolute Gasteiger partial charge is 0.374 e. The van der Waals surface area contributed by atoms with Gasteiger partial charge in [-0.1, -0.05) is 29.8 Å². The standard InChI is InChI=1S/C14H11Br2ClN2O/c15-9-4-3-5-10(16)14(9)18-8-13(20)19-12-7-2-1-6-11(12)17/h1-7,18H,8H2,(H,19,20). The van der Waals surface area contributed by atoms with E-state index in [9.17, 15) is 4.79 Å². The van der Waals surface area contributed by atoms with Gasteiger partial charge in [0.1, 0.15) is 0 Å². The van der Waals surface area contributed by atoms with Crippen molar-refractivity contribution in [3.63, 3.8) is 0 Å². The third kappa shape index (κ3) is 3.98. The van der Waals surface area contributed by atoms with E-state index in [0.717, 1.165) is 14.6 Å². The van der Waals surface area contributed by atoms with Gasteiger partial charge in [0.2, 0.25) is 5.91 Å². The van der Waals surface area contributed by atoms with Gasteiger partial charge in [-0.3, -0.25) is 4.79 Å². The van der Waals surface area contributed by atoms with Gasteiger partial charge in [-0.2, -0.15) is 0 Å². The van der Waals surface area contributed by atoms with Gasteiger partial charge >= 0.3 is 0 Å². The highest BCUT2D eigenvalue weighted by Gasteiger charge is 2.08. The van der Waals surface area contributed by atoms with Crippen LogP contribution in [0.1, 0.15) is 0 Å². The number of hydrogen-bond acceptors (Lipinski definition) is 2. The first-order valence-electron chi connectivity index (χ1n) is 5.80. The minimum absolute atomic E-state index is 0.145. The molecule has 0 radical (unpaired) electrons. The molecule has 0 unspecified atom stereocenters. The molecule has 2 rings (SSSR count). The lowest BCUT2D eigenvalue weighted by molar-refractivity contribution is -0.114. The Labute approximate surface area is 139 Å². The van der Waals surface area contributed by atoms with E-state index in [4.69, 9.17) is 11.6 Å². The Kier molecular flexibility index (Phi) is 5.46. The molecule has 0 aliphatic rings. The molecular weight excluding hydrogens is 407 g/mol. The van der Waals surface area contributed by atoms with Crippen molar-refractivity contribution in [2.24, 2.45) is 0 Å². The molecule has 104 valence electrons. The minimum atomic E-state index is -0.166. The zero-order valence-electron chi connectivity index (χ0n) is 10.3. The summed E-state index contributed by atoms with van der Waals surface area (Å²) in [6.07, 6.45) is 0. The molecule has 0 aromatic heterocycles. The fourth-order valence-corrected chi connectivity index (χ4v) is 3.05. The Hall–Kier alpha value is -1.04. The van der Waals surface area contributed by atoms with Crippen LogP contribution in [0.15, 0.2) is 51.4 Å². The van der Waals surface area contributed by atoms with E-state index in [2.05, 4.69) is 42.5 Å². The van der Waals surface area contributed by atoms with Gasteiger partial charge in [0.25, 0.3) is 0 Å². The number of nitrogens with one attached hydrogen (secondary N) is 2. The number of rotatable bonds is 4. The molecule has 0 spiro atoms. The van der Waals surface area contributed by atoms with Crippen LogP contribution in [0.3, 0.4) is 0 Å². The van der Waals surface area contributed by atoms with Crippen LogP contribution in [-0.4, -0.2) is 12.5 Å². The van der Waals surface area contributed by atoms with Gasteiger partial charge in [0, 0.05) is 8.95 Å². The number of carbonyl (C=O) groups excluding carboxylic acids is 1. The molecule has 0 bridgehead atoms. The fourth-order valence-electron chi connectivity index (χ4n) is 1.59. The first-order valence-corrected chi connectivity index (χ1v) is 7.76. The fraction of sp³-hybridized carbons (Fsp3) is 0.0714. The Morgan fingerprint density at radius 2 is 1.70 bits per heavy atom. The van der Waals surface area contributed by atoms with E-state index in [1.54, 1.807) is 12.1 Å². The van der Waals surface area contributed by atoms with Crippen LogP contribution in [0, 0.1) is 0 Å². The summed E-state index contributed by atoms with van der Waals surface area (Å²) in [5.74, 6) is -0.166. The van der Waals surface area contributed by atoms with Crippen LogP contribution in [-0.2, 0) is 4.79 Å². The zero-order valence-corrected chi connectivity index (χ0v) is 14.2. The number of para-hydroxylation sites is 2. The second-order valence-electron chi connectivity index (χ2n) is 3.98. The van der Waals surface area contributed by atoms with Crippen LogP contribution < -0.4 is 10.6 Å². The van der Waals surface area contributed by atoms with Crippen molar-refractivity contribution in [1.82, 2.24) is 0 Å². The smallest absolute Gasteiger partial charge is 0.243 e. The lowest BCUT2D eigenvalue weighted by atomic mass is 10.3. The maximum absolute atomic E-state index is 11.9. The Balaban J connectivity index is 1.98. The third-order valence-electron chi connectivity index (χ3n) is 2.54. The Morgan fingerprint density at radius 1 is 1.05 bits per heavy atom. The molecule has 0 atom stereocenters. The number of anilines is 2. The van der Waals surface area contributed by atoms with Gasteiger partial charge in [0.05, 0.1) is 22.9 Å². The van der Waals surface area contributed by atoms with E-state index >= 15 is 0 Å². The molecule has 20 heavy (non-hydrogen) atoms. The summed E-state index contributed by atoms with van der Waals surface area (Å²) >= 11 is 12.8. The molecular formula is C14H11Br2ClN2O. The average molecular weight is 419 g/mol. The van der Waals surface area contributed by atoms with Crippen molar-refractivity contribution < 1.29 is 4.79 Å². The van der Waals surface area contributed by atoms with Gasteiger partial charge in [0.15, 0.2) is 0 Å².